The van der Waals surface area contributed by atoms with Crippen LogP contribution in [0.4, 0.5) is 0 Å². The number of nitrogens with one attached hydrogen (secondary N) is 1. The molecule has 98 valence electrons. The lowest BCUT2D eigenvalue weighted by Gasteiger charge is -2.05. The molecule has 1 N–H and O–H groups in total. The van der Waals surface area contributed by atoms with E-state index in [2.05, 4.69) is 30.8 Å². The van der Waals surface area contributed by atoms with Crippen molar-refractivity contribution in [3.8, 4) is 0 Å². The standard InChI is InChI=1S/C9H11BrN4O2S2/c1-2-14-6-11-13-8(14)5-12-18(15,16)9-4-3-7(10)17-9/h3-4,6,12H,2,5H2,1H3. The predicted octanol–water partition coefficient (Wildman–Crippen LogP) is 1.60. The molecule has 0 bridgehead atoms. The second kappa shape index (κ2) is 5.47. The van der Waals surface area contributed by atoms with Gasteiger partial charge in [0.25, 0.3) is 0 Å². The van der Waals surface area contributed by atoms with Crippen molar-refractivity contribution in [3.63, 3.8) is 0 Å². The summed E-state index contributed by atoms with van der Waals surface area (Å²) in [5.41, 5.74) is 0. The van der Waals surface area contributed by atoms with Gasteiger partial charge in [0.1, 0.15) is 16.4 Å². The van der Waals surface area contributed by atoms with Gasteiger partial charge in [0.15, 0.2) is 0 Å². The van der Waals surface area contributed by atoms with Crippen molar-refractivity contribution in [1.82, 2.24) is 19.5 Å². The van der Waals surface area contributed by atoms with Crippen LogP contribution in [0.1, 0.15) is 12.7 Å². The van der Waals surface area contributed by atoms with Gasteiger partial charge in [0.2, 0.25) is 10.0 Å². The second-order valence-corrected chi connectivity index (χ2v) is 7.87. The van der Waals surface area contributed by atoms with Gasteiger partial charge in [-0.15, -0.1) is 21.5 Å². The molecule has 0 saturated heterocycles. The molecule has 0 aliphatic carbocycles. The van der Waals surface area contributed by atoms with Crippen LogP contribution in [0.5, 0.6) is 0 Å². The quantitative estimate of drug-likeness (QED) is 0.888. The topological polar surface area (TPSA) is 76.9 Å². The maximum atomic E-state index is 12.0. The van der Waals surface area contributed by atoms with E-state index in [0.717, 1.165) is 3.79 Å². The zero-order chi connectivity index (χ0) is 13.2. The van der Waals surface area contributed by atoms with Crippen LogP contribution >= 0.6 is 27.3 Å². The summed E-state index contributed by atoms with van der Waals surface area (Å²) in [6, 6.07) is 3.26. The number of hydrogen-bond donors (Lipinski definition) is 1. The molecule has 0 unspecified atom stereocenters. The van der Waals surface area contributed by atoms with Gasteiger partial charge in [0.05, 0.1) is 10.3 Å². The summed E-state index contributed by atoms with van der Waals surface area (Å²) in [6.45, 7) is 2.78. The smallest absolute Gasteiger partial charge is 0.250 e. The molecule has 0 spiro atoms. The van der Waals surface area contributed by atoms with E-state index in [1.165, 1.54) is 11.3 Å². The Kier molecular flexibility index (Phi) is 4.15. The largest absolute Gasteiger partial charge is 0.317 e. The number of sulfonamides is 1. The summed E-state index contributed by atoms with van der Waals surface area (Å²) in [7, 11) is -3.48. The Morgan fingerprint density at radius 1 is 1.50 bits per heavy atom. The van der Waals surface area contributed by atoms with Crippen molar-refractivity contribution < 1.29 is 8.42 Å². The summed E-state index contributed by atoms with van der Waals surface area (Å²) in [4.78, 5) is 0. The van der Waals surface area contributed by atoms with E-state index in [1.54, 1.807) is 23.0 Å². The highest BCUT2D eigenvalue weighted by atomic mass is 79.9. The number of thiophene rings is 1. The Labute approximate surface area is 117 Å². The number of nitrogens with zero attached hydrogens (tertiary/aromatic N) is 3. The van der Waals surface area contributed by atoms with Gasteiger partial charge in [0, 0.05) is 6.54 Å². The Bertz CT molecular complexity index is 635. The van der Waals surface area contributed by atoms with E-state index in [9.17, 15) is 8.42 Å². The van der Waals surface area contributed by atoms with E-state index in [-0.39, 0.29) is 10.8 Å². The fraction of sp³-hybridized carbons (Fsp3) is 0.333. The van der Waals surface area contributed by atoms with E-state index in [4.69, 9.17) is 0 Å². The lowest BCUT2D eigenvalue weighted by atomic mass is 10.6. The molecule has 0 aromatic carbocycles. The van der Waals surface area contributed by atoms with E-state index in [0.29, 0.717) is 12.4 Å². The first kappa shape index (κ1) is 13.7. The van der Waals surface area contributed by atoms with Crippen molar-refractivity contribution in [2.75, 3.05) is 0 Å². The molecule has 9 heteroatoms. The van der Waals surface area contributed by atoms with Crippen LogP contribution in [-0.2, 0) is 23.1 Å². The minimum Gasteiger partial charge on any atom is -0.317 e. The van der Waals surface area contributed by atoms with E-state index >= 15 is 0 Å². The van der Waals surface area contributed by atoms with Gasteiger partial charge in [-0.3, -0.25) is 0 Å². The van der Waals surface area contributed by atoms with Crippen LogP contribution in [0.3, 0.4) is 0 Å². The highest BCUT2D eigenvalue weighted by Crippen LogP contribution is 2.25. The number of aryl methyl sites for hydroxylation is 1. The normalized spacial score (nSPS) is 11.9. The van der Waals surface area contributed by atoms with Crippen LogP contribution in [0, 0.1) is 0 Å². The summed E-state index contributed by atoms with van der Waals surface area (Å²) < 4.78 is 29.3. The van der Waals surface area contributed by atoms with Crippen molar-refractivity contribution >= 4 is 37.3 Å². The maximum absolute atomic E-state index is 12.0. The molecule has 0 radical (unpaired) electrons. The molecule has 0 amide bonds. The van der Waals surface area contributed by atoms with Crippen molar-refractivity contribution in [2.45, 2.75) is 24.2 Å². The average molecular weight is 351 g/mol. The highest BCUT2D eigenvalue weighted by molar-refractivity contribution is 9.11. The lowest BCUT2D eigenvalue weighted by molar-refractivity contribution is 0.577. The fourth-order valence-electron chi connectivity index (χ4n) is 1.35. The molecule has 2 aromatic heterocycles. The van der Waals surface area contributed by atoms with Crippen molar-refractivity contribution in [2.24, 2.45) is 0 Å². The first-order valence-electron chi connectivity index (χ1n) is 5.14. The third-order valence-electron chi connectivity index (χ3n) is 2.27. The van der Waals surface area contributed by atoms with E-state index in [1.807, 2.05) is 6.92 Å². The monoisotopic (exact) mass is 350 g/mol. The third kappa shape index (κ3) is 2.97. The molecule has 18 heavy (non-hydrogen) atoms. The molecule has 0 aliphatic heterocycles. The van der Waals surface area contributed by atoms with Crippen LogP contribution in [0.25, 0.3) is 0 Å². The first-order valence-corrected chi connectivity index (χ1v) is 8.24. The van der Waals surface area contributed by atoms with Gasteiger partial charge in [-0.25, -0.2) is 13.1 Å². The van der Waals surface area contributed by atoms with Crippen molar-refractivity contribution in [3.05, 3.63) is 28.1 Å². The summed E-state index contributed by atoms with van der Waals surface area (Å²) in [5.74, 6) is 0.594. The molecule has 0 atom stereocenters. The van der Waals surface area contributed by atoms with Gasteiger partial charge in [-0.05, 0) is 35.0 Å². The van der Waals surface area contributed by atoms with E-state index < -0.39 is 10.0 Å². The summed E-state index contributed by atoms with van der Waals surface area (Å²) >= 11 is 4.40. The van der Waals surface area contributed by atoms with Crippen LogP contribution in [0.15, 0.2) is 26.5 Å². The van der Waals surface area contributed by atoms with Gasteiger partial charge in [-0.1, -0.05) is 0 Å². The fourth-order valence-corrected chi connectivity index (χ4v) is 4.39. The van der Waals surface area contributed by atoms with Gasteiger partial charge < -0.3 is 4.57 Å². The average Bonchev–Trinajstić information content (AvgIpc) is 2.94. The zero-order valence-electron chi connectivity index (χ0n) is 9.50. The molecule has 2 aromatic rings. The molecule has 6 nitrogen and oxygen atoms in total. The molecular weight excluding hydrogens is 340 g/mol. The van der Waals surface area contributed by atoms with Gasteiger partial charge >= 0.3 is 0 Å². The number of halogens is 1. The van der Waals surface area contributed by atoms with Crippen LogP contribution in [-0.4, -0.2) is 23.2 Å². The maximum Gasteiger partial charge on any atom is 0.250 e. The minimum absolute atomic E-state index is 0.131. The molecule has 2 heterocycles. The second-order valence-electron chi connectivity index (χ2n) is 3.42. The minimum atomic E-state index is -3.48. The zero-order valence-corrected chi connectivity index (χ0v) is 12.7. The predicted molar refractivity (Wildman–Crippen MR) is 71.7 cm³/mol. The number of aromatic nitrogens is 3. The molecule has 2 rings (SSSR count). The third-order valence-corrected chi connectivity index (χ3v) is 5.79. The lowest BCUT2D eigenvalue weighted by Crippen LogP contribution is -2.24. The highest BCUT2D eigenvalue weighted by Gasteiger charge is 2.17. The Morgan fingerprint density at radius 2 is 2.28 bits per heavy atom. The Morgan fingerprint density at radius 3 is 2.89 bits per heavy atom. The van der Waals surface area contributed by atoms with Crippen LogP contribution < -0.4 is 4.72 Å². The summed E-state index contributed by atoms with van der Waals surface area (Å²) in [6.07, 6.45) is 1.57. The molecule has 0 aliphatic rings. The number of rotatable bonds is 5. The first-order chi connectivity index (χ1) is 8.53. The van der Waals surface area contributed by atoms with Crippen molar-refractivity contribution in [1.29, 1.82) is 0 Å². The molecular formula is C9H11BrN4O2S2. The van der Waals surface area contributed by atoms with Crippen LogP contribution in [0.2, 0.25) is 0 Å². The number of hydrogen-bond acceptors (Lipinski definition) is 5. The SMILES string of the molecule is CCn1cnnc1CNS(=O)(=O)c1ccc(Br)s1. The summed E-state index contributed by atoms with van der Waals surface area (Å²) in [5, 5.41) is 7.61. The van der Waals surface area contributed by atoms with Gasteiger partial charge in [-0.2, -0.15) is 0 Å². The Hall–Kier alpha value is -0.770. The Balaban J connectivity index is 2.10. The molecule has 0 fully saturated rings. The molecule has 0 saturated carbocycles.